The van der Waals surface area contributed by atoms with Crippen LogP contribution in [0.5, 0.6) is 11.5 Å². The van der Waals surface area contributed by atoms with Gasteiger partial charge in [0.1, 0.15) is 11.5 Å². The second-order valence-electron chi connectivity index (χ2n) is 10.9. The van der Waals surface area contributed by atoms with E-state index >= 15 is 0 Å². The predicted octanol–water partition coefficient (Wildman–Crippen LogP) is 3.60. The third-order valence-corrected chi connectivity index (χ3v) is 8.89. The summed E-state index contributed by atoms with van der Waals surface area (Å²) < 4.78 is 11.0. The SMILES string of the molecule is CCOc1ccc(N2C[C@H](C(=O)Oc3ccc(N4C(=O)[C@@H]5[C@H]6C=C[C@@H]([C@@H]7C[C@H]67)[C@@H]5C4=O)cc3)CC2=O)cc1. The van der Waals surface area contributed by atoms with E-state index in [1.165, 1.54) is 4.90 Å². The first-order chi connectivity index (χ1) is 18.4. The fourth-order valence-corrected chi connectivity index (χ4v) is 7.08. The number of hydrogen-bond donors (Lipinski definition) is 0. The highest BCUT2D eigenvalue weighted by atomic mass is 16.5. The van der Waals surface area contributed by atoms with E-state index in [9.17, 15) is 19.2 Å². The molecule has 3 amide bonds. The first kappa shape index (κ1) is 23.2. The van der Waals surface area contributed by atoms with Crippen LogP contribution < -0.4 is 19.3 Å². The molecule has 2 aliphatic heterocycles. The molecular formula is C30H28N2O6. The van der Waals surface area contributed by atoms with Crippen molar-refractivity contribution in [2.75, 3.05) is 23.0 Å². The minimum atomic E-state index is -0.590. The highest BCUT2D eigenvalue weighted by Gasteiger charge is 2.67. The molecule has 6 aliphatic rings. The number of rotatable bonds is 6. The molecule has 38 heavy (non-hydrogen) atoms. The van der Waals surface area contributed by atoms with Crippen LogP contribution >= 0.6 is 0 Å². The van der Waals surface area contributed by atoms with E-state index in [4.69, 9.17) is 9.47 Å². The Morgan fingerprint density at radius 2 is 1.42 bits per heavy atom. The quantitative estimate of drug-likeness (QED) is 0.254. The zero-order chi connectivity index (χ0) is 26.1. The standard InChI is InChI=1S/C30H28N2O6/c1-2-37-19-7-3-17(4-8-19)31-15-16(13-25(31)33)30(36)38-20-9-5-18(6-10-20)32-28(34)26-21-11-12-22(24-14-23(21)24)27(26)29(32)35/h3-12,16,21-24,26-27H,2,13-15H2,1H3/t16-,21+,22+,23-,24+,26-,27+/m1/s1. The van der Waals surface area contributed by atoms with Crippen LogP contribution in [0.4, 0.5) is 11.4 Å². The van der Waals surface area contributed by atoms with Gasteiger partial charge in [-0.3, -0.25) is 24.1 Å². The molecule has 2 aromatic rings. The normalized spacial score (nSPS) is 32.4. The summed E-state index contributed by atoms with van der Waals surface area (Å²) in [6, 6.07) is 13.7. The summed E-state index contributed by atoms with van der Waals surface area (Å²) in [5.41, 5.74) is 1.21. The van der Waals surface area contributed by atoms with Crippen LogP contribution in [-0.2, 0) is 19.2 Å². The minimum Gasteiger partial charge on any atom is -0.494 e. The minimum absolute atomic E-state index is 0.0715. The van der Waals surface area contributed by atoms with Crippen LogP contribution in [-0.4, -0.2) is 36.8 Å². The Morgan fingerprint density at radius 1 is 0.842 bits per heavy atom. The van der Waals surface area contributed by atoms with E-state index < -0.39 is 11.9 Å². The third-order valence-electron chi connectivity index (χ3n) is 8.89. The molecule has 0 N–H and O–H groups in total. The highest BCUT2D eigenvalue weighted by molar-refractivity contribution is 6.22. The first-order valence-electron chi connectivity index (χ1n) is 13.4. The molecule has 2 heterocycles. The Balaban J connectivity index is 1.01. The molecule has 0 unspecified atom stereocenters. The van der Waals surface area contributed by atoms with Gasteiger partial charge in [0.25, 0.3) is 0 Å². The third kappa shape index (κ3) is 3.50. The lowest BCUT2D eigenvalue weighted by atomic mass is 9.63. The topological polar surface area (TPSA) is 93.2 Å². The second-order valence-corrected chi connectivity index (χ2v) is 10.9. The smallest absolute Gasteiger partial charge is 0.316 e. The Morgan fingerprint density at radius 3 is 2.03 bits per heavy atom. The molecule has 2 aromatic carbocycles. The lowest BCUT2D eigenvalue weighted by Gasteiger charge is -2.37. The number of allylic oxidation sites excluding steroid dienone is 2. The van der Waals surface area contributed by atoms with Gasteiger partial charge in [0.2, 0.25) is 17.7 Å². The van der Waals surface area contributed by atoms with Gasteiger partial charge in [-0.1, -0.05) is 12.2 Å². The van der Waals surface area contributed by atoms with Gasteiger partial charge in [-0.25, -0.2) is 0 Å². The van der Waals surface area contributed by atoms with Gasteiger partial charge < -0.3 is 14.4 Å². The number of esters is 1. The van der Waals surface area contributed by atoms with Gasteiger partial charge in [0, 0.05) is 18.7 Å². The van der Waals surface area contributed by atoms with Gasteiger partial charge in [-0.2, -0.15) is 0 Å². The number of carbonyl (C=O) groups is 4. The van der Waals surface area contributed by atoms with Crippen molar-refractivity contribution in [3.05, 3.63) is 60.7 Å². The van der Waals surface area contributed by atoms with Crippen LogP contribution in [0.25, 0.3) is 0 Å². The average molecular weight is 513 g/mol. The Hall–Kier alpha value is -3.94. The van der Waals surface area contributed by atoms with Crippen LogP contribution in [0, 0.1) is 41.4 Å². The van der Waals surface area contributed by atoms with Crippen LogP contribution in [0.1, 0.15) is 19.8 Å². The largest absolute Gasteiger partial charge is 0.494 e. The number of imide groups is 1. The number of carbonyl (C=O) groups excluding carboxylic acids is 4. The van der Waals surface area contributed by atoms with Crippen molar-refractivity contribution in [3.63, 3.8) is 0 Å². The molecule has 2 bridgehead atoms. The first-order valence-corrected chi connectivity index (χ1v) is 13.4. The summed E-state index contributed by atoms with van der Waals surface area (Å²) in [7, 11) is 0. The number of anilines is 2. The van der Waals surface area contributed by atoms with Gasteiger partial charge in [0.05, 0.1) is 30.0 Å². The van der Waals surface area contributed by atoms with Crippen LogP contribution in [0.3, 0.4) is 0 Å². The van der Waals surface area contributed by atoms with Crippen molar-refractivity contribution in [1.82, 2.24) is 0 Å². The van der Waals surface area contributed by atoms with Crippen molar-refractivity contribution < 1.29 is 28.7 Å². The Kier molecular flexibility index (Phi) is 5.22. The number of benzene rings is 2. The molecule has 2 saturated carbocycles. The molecule has 8 heteroatoms. The highest BCUT2D eigenvalue weighted by Crippen LogP contribution is 2.65. The molecule has 8 nitrogen and oxygen atoms in total. The summed E-state index contributed by atoms with van der Waals surface area (Å²) in [5, 5.41) is 0. The maximum Gasteiger partial charge on any atom is 0.316 e. The van der Waals surface area contributed by atoms with Crippen molar-refractivity contribution in [1.29, 1.82) is 0 Å². The molecule has 0 radical (unpaired) electrons. The monoisotopic (exact) mass is 512 g/mol. The number of nitrogens with zero attached hydrogens (tertiary/aromatic N) is 2. The van der Waals surface area contributed by atoms with Gasteiger partial charge >= 0.3 is 5.97 Å². The molecule has 2 saturated heterocycles. The molecule has 7 atom stereocenters. The Bertz CT molecular complexity index is 1330. The van der Waals surface area contributed by atoms with Crippen molar-refractivity contribution in [2.45, 2.75) is 19.8 Å². The second kappa shape index (κ2) is 8.55. The average Bonchev–Trinajstić information content (AvgIpc) is 3.60. The fraction of sp³-hybridized carbons (Fsp3) is 0.400. The fourth-order valence-electron chi connectivity index (χ4n) is 7.08. The van der Waals surface area contributed by atoms with E-state index in [-0.39, 0.29) is 54.4 Å². The molecule has 4 fully saturated rings. The summed E-state index contributed by atoms with van der Waals surface area (Å²) in [6.07, 6.45) is 5.51. The van der Waals surface area contributed by atoms with E-state index in [0.29, 0.717) is 35.6 Å². The zero-order valence-electron chi connectivity index (χ0n) is 21.0. The van der Waals surface area contributed by atoms with Crippen LogP contribution in [0.15, 0.2) is 60.7 Å². The maximum absolute atomic E-state index is 13.3. The number of hydrogen-bond acceptors (Lipinski definition) is 6. The van der Waals surface area contributed by atoms with Crippen molar-refractivity contribution >= 4 is 35.1 Å². The summed E-state index contributed by atoms with van der Waals surface area (Å²) >= 11 is 0. The van der Waals surface area contributed by atoms with Crippen LogP contribution in [0.2, 0.25) is 0 Å². The number of ether oxygens (including phenoxy) is 2. The molecule has 0 aromatic heterocycles. The molecular weight excluding hydrogens is 484 g/mol. The van der Waals surface area contributed by atoms with Crippen molar-refractivity contribution in [2.24, 2.45) is 41.4 Å². The molecule has 194 valence electrons. The molecule has 8 rings (SSSR count). The van der Waals surface area contributed by atoms with E-state index in [1.54, 1.807) is 53.4 Å². The maximum atomic E-state index is 13.3. The Labute approximate surface area is 220 Å². The van der Waals surface area contributed by atoms with Gasteiger partial charge in [0.15, 0.2) is 0 Å². The number of amides is 3. The lowest BCUT2D eigenvalue weighted by molar-refractivity contribution is -0.139. The van der Waals surface area contributed by atoms with Gasteiger partial charge in [-0.05, 0) is 85.5 Å². The summed E-state index contributed by atoms with van der Waals surface area (Å²) in [5.74, 6) is 0.532. The zero-order valence-corrected chi connectivity index (χ0v) is 21.0. The van der Waals surface area contributed by atoms with E-state index in [1.807, 2.05) is 6.92 Å². The predicted molar refractivity (Wildman–Crippen MR) is 137 cm³/mol. The van der Waals surface area contributed by atoms with E-state index in [0.717, 1.165) is 12.2 Å². The summed E-state index contributed by atoms with van der Waals surface area (Å²) in [4.78, 5) is 55.0. The summed E-state index contributed by atoms with van der Waals surface area (Å²) in [6.45, 7) is 2.70. The molecule has 0 spiro atoms. The van der Waals surface area contributed by atoms with Gasteiger partial charge in [-0.15, -0.1) is 0 Å². The lowest BCUT2D eigenvalue weighted by Crippen LogP contribution is -2.40. The molecule has 4 aliphatic carbocycles. The van der Waals surface area contributed by atoms with Crippen molar-refractivity contribution in [3.8, 4) is 11.5 Å². The van der Waals surface area contributed by atoms with E-state index in [2.05, 4.69) is 12.2 Å².